The van der Waals surface area contributed by atoms with Crippen LogP contribution in [-0.2, 0) is 0 Å². The topological polar surface area (TPSA) is 35.5 Å². The molecule has 0 saturated carbocycles. The smallest absolute Gasteiger partial charge is 0.162 e. The maximum atomic E-state index is 10.5. The molecule has 0 amide bonds. The number of carbonyl (C=O) groups is 1. The van der Waals surface area contributed by atoms with Crippen LogP contribution in [0.4, 0.5) is 0 Å². The Bertz CT molecular complexity index is 323. The Morgan fingerprint density at radius 1 is 1.43 bits per heavy atom. The molecule has 14 heavy (non-hydrogen) atoms. The summed E-state index contributed by atoms with van der Waals surface area (Å²) in [6.45, 7) is 1.85. The van der Waals surface area contributed by atoms with Crippen LogP contribution in [0.3, 0.4) is 0 Å². The zero-order valence-corrected chi connectivity index (χ0v) is 9.58. The number of carbonyl (C=O) groups excluding carboxylic acids is 1. The molecule has 4 heteroatoms. The number of methoxy groups -OCH3 is 1. The molecule has 0 N–H and O–H groups in total. The van der Waals surface area contributed by atoms with Crippen LogP contribution in [-0.4, -0.2) is 18.4 Å². The molecule has 0 aliphatic heterocycles. The van der Waals surface area contributed by atoms with Crippen LogP contribution in [0.25, 0.3) is 0 Å². The zero-order chi connectivity index (χ0) is 10.6. The Kier molecular flexibility index (Phi) is 3.95. The second-order valence-corrected chi connectivity index (χ2v) is 3.98. The third kappa shape index (κ3) is 2.73. The molecule has 1 rings (SSSR count). The van der Waals surface area contributed by atoms with Crippen LogP contribution < -0.4 is 9.47 Å². The molecule has 1 aromatic rings. The highest BCUT2D eigenvalue weighted by atomic mass is 79.9. The SMILES string of the molecule is COc1cc(C=O)ccc1OC(C)Br. The minimum absolute atomic E-state index is 0.0986. The maximum absolute atomic E-state index is 10.5. The van der Waals surface area contributed by atoms with E-state index in [9.17, 15) is 4.79 Å². The summed E-state index contributed by atoms with van der Waals surface area (Å²) in [6, 6.07) is 5.03. The molecular weight excluding hydrogens is 248 g/mol. The van der Waals surface area contributed by atoms with Crippen molar-refractivity contribution in [2.24, 2.45) is 0 Å². The Morgan fingerprint density at radius 3 is 2.64 bits per heavy atom. The van der Waals surface area contributed by atoms with Gasteiger partial charge in [0.25, 0.3) is 0 Å². The Morgan fingerprint density at radius 2 is 2.14 bits per heavy atom. The Balaban J connectivity index is 2.98. The Hall–Kier alpha value is -1.03. The molecule has 0 fully saturated rings. The summed E-state index contributed by atoms with van der Waals surface area (Å²) >= 11 is 3.26. The van der Waals surface area contributed by atoms with E-state index in [0.717, 1.165) is 6.29 Å². The van der Waals surface area contributed by atoms with Gasteiger partial charge in [0.1, 0.15) is 6.29 Å². The Labute approximate surface area is 91.1 Å². The number of hydrogen-bond donors (Lipinski definition) is 0. The number of halogens is 1. The number of ether oxygens (including phenoxy) is 2. The van der Waals surface area contributed by atoms with E-state index in [1.165, 1.54) is 7.11 Å². The minimum Gasteiger partial charge on any atom is -0.493 e. The fourth-order valence-electron chi connectivity index (χ4n) is 1.03. The lowest BCUT2D eigenvalue weighted by Gasteiger charge is -2.12. The fourth-order valence-corrected chi connectivity index (χ4v) is 1.23. The van der Waals surface area contributed by atoms with Gasteiger partial charge in [-0.3, -0.25) is 4.79 Å². The predicted molar refractivity (Wildman–Crippen MR) is 57.4 cm³/mol. The van der Waals surface area contributed by atoms with Crippen molar-refractivity contribution in [3.63, 3.8) is 0 Å². The van der Waals surface area contributed by atoms with E-state index < -0.39 is 0 Å². The maximum Gasteiger partial charge on any atom is 0.162 e. The van der Waals surface area contributed by atoms with Crippen LogP contribution in [0.15, 0.2) is 18.2 Å². The molecule has 0 heterocycles. The number of benzene rings is 1. The van der Waals surface area contributed by atoms with E-state index >= 15 is 0 Å². The van der Waals surface area contributed by atoms with Gasteiger partial charge in [0.05, 0.1) is 7.11 Å². The number of aldehydes is 1. The van der Waals surface area contributed by atoms with E-state index in [2.05, 4.69) is 15.9 Å². The summed E-state index contributed by atoms with van der Waals surface area (Å²) < 4.78 is 10.5. The molecule has 3 nitrogen and oxygen atoms in total. The molecule has 1 unspecified atom stereocenters. The van der Waals surface area contributed by atoms with Gasteiger partial charge in [0.15, 0.2) is 16.5 Å². The van der Waals surface area contributed by atoms with E-state index in [-0.39, 0.29) is 5.01 Å². The lowest BCUT2D eigenvalue weighted by molar-refractivity contribution is 0.112. The van der Waals surface area contributed by atoms with Gasteiger partial charge in [0, 0.05) is 5.56 Å². The zero-order valence-electron chi connectivity index (χ0n) is 7.99. The number of rotatable bonds is 4. The molecule has 0 aliphatic carbocycles. The summed E-state index contributed by atoms with van der Waals surface area (Å²) in [7, 11) is 1.54. The van der Waals surface area contributed by atoms with Crippen LogP contribution in [0.5, 0.6) is 11.5 Å². The van der Waals surface area contributed by atoms with Crippen LogP contribution in [0, 0.1) is 0 Å². The van der Waals surface area contributed by atoms with Gasteiger partial charge in [0.2, 0.25) is 0 Å². The van der Waals surface area contributed by atoms with Gasteiger partial charge >= 0.3 is 0 Å². The third-order valence-electron chi connectivity index (χ3n) is 1.61. The van der Waals surface area contributed by atoms with E-state index in [4.69, 9.17) is 9.47 Å². The van der Waals surface area contributed by atoms with Crippen molar-refractivity contribution in [2.75, 3.05) is 7.11 Å². The first kappa shape index (κ1) is 11.0. The summed E-state index contributed by atoms with van der Waals surface area (Å²) in [5, 5.41) is -0.0986. The number of hydrogen-bond acceptors (Lipinski definition) is 3. The highest BCUT2D eigenvalue weighted by Crippen LogP contribution is 2.29. The van der Waals surface area contributed by atoms with Gasteiger partial charge in [-0.2, -0.15) is 0 Å². The first-order valence-corrected chi connectivity index (χ1v) is 5.03. The molecule has 0 bridgehead atoms. The average molecular weight is 259 g/mol. The summed E-state index contributed by atoms with van der Waals surface area (Å²) in [5.41, 5.74) is 0.566. The first-order valence-electron chi connectivity index (χ1n) is 4.11. The van der Waals surface area contributed by atoms with E-state index in [1.807, 2.05) is 6.92 Å². The van der Waals surface area contributed by atoms with Crippen LogP contribution >= 0.6 is 15.9 Å². The molecule has 0 radical (unpaired) electrons. The monoisotopic (exact) mass is 258 g/mol. The van der Waals surface area contributed by atoms with Gasteiger partial charge < -0.3 is 9.47 Å². The molecule has 76 valence electrons. The van der Waals surface area contributed by atoms with Crippen LogP contribution in [0.2, 0.25) is 0 Å². The molecule has 0 aliphatic rings. The minimum atomic E-state index is -0.0986. The molecular formula is C10H11BrO3. The van der Waals surface area contributed by atoms with Gasteiger partial charge in [-0.15, -0.1) is 0 Å². The summed E-state index contributed by atoms with van der Waals surface area (Å²) in [5.74, 6) is 1.17. The largest absolute Gasteiger partial charge is 0.493 e. The lowest BCUT2D eigenvalue weighted by Crippen LogP contribution is -2.03. The van der Waals surface area contributed by atoms with Gasteiger partial charge in [-0.05, 0) is 41.1 Å². The van der Waals surface area contributed by atoms with Crippen molar-refractivity contribution in [3.8, 4) is 11.5 Å². The molecule has 0 aromatic heterocycles. The van der Waals surface area contributed by atoms with Crippen molar-refractivity contribution in [2.45, 2.75) is 11.9 Å². The first-order chi connectivity index (χ1) is 6.67. The quantitative estimate of drug-likeness (QED) is 0.616. The molecule has 0 spiro atoms. The lowest BCUT2D eigenvalue weighted by atomic mass is 10.2. The van der Waals surface area contributed by atoms with Crippen LogP contribution in [0.1, 0.15) is 17.3 Å². The summed E-state index contributed by atoms with van der Waals surface area (Å²) in [4.78, 5) is 10.5. The second-order valence-electron chi connectivity index (χ2n) is 2.69. The molecule has 1 aromatic carbocycles. The van der Waals surface area contributed by atoms with E-state index in [1.54, 1.807) is 18.2 Å². The normalized spacial score (nSPS) is 11.9. The van der Waals surface area contributed by atoms with Gasteiger partial charge in [-0.1, -0.05) is 0 Å². The highest BCUT2D eigenvalue weighted by molar-refractivity contribution is 9.09. The summed E-state index contributed by atoms with van der Waals surface area (Å²) in [6.07, 6.45) is 0.768. The number of alkyl halides is 1. The van der Waals surface area contributed by atoms with Crippen molar-refractivity contribution in [1.82, 2.24) is 0 Å². The standard InChI is InChI=1S/C10H11BrO3/c1-7(11)14-9-4-3-8(6-12)5-10(9)13-2/h3-7H,1-2H3. The molecule has 0 saturated heterocycles. The third-order valence-corrected chi connectivity index (χ3v) is 1.80. The average Bonchev–Trinajstić information content (AvgIpc) is 2.17. The predicted octanol–water partition coefficient (Wildman–Crippen LogP) is 2.63. The molecule has 1 atom stereocenters. The van der Waals surface area contributed by atoms with Crippen molar-refractivity contribution in [3.05, 3.63) is 23.8 Å². The fraction of sp³-hybridized carbons (Fsp3) is 0.300. The van der Waals surface area contributed by atoms with Gasteiger partial charge in [-0.25, -0.2) is 0 Å². The highest BCUT2D eigenvalue weighted by Gasteiger charge is 2.07. The van der Waals surface area contributed by atoms with E-state index in [0.29, 0.717) is 17.1 Å². The second kappa shape index (κ2) is 5.00. The van der Waals surface area contributed by atoms with Crippen molar-refractivity contribution >= 4 is 22.2 Å². The van der Waals surface area contributed by atoms with Crippen molar-refractivity contribution < 1.29 is 14.3 Å². The van der Waals surface area contributed by atoms with Crippen molar-refractivity contribution in [1.29, 1.82) is 0 Å².